The number of aromatic nitrogens is 2. The Balaban J connectivity index is 1.53. The Kier molecular flexibility index (Phi) is 4.58. The zero-order valence-corrected chi connectivity index (χ0v) is 15.8. The van der Waals surface area contributed by atoms with Gasteiger partial charge in [0.25, 0.3) is 5.89 Å². The number of nitrogens with zero attached hydrogens (tertiary/aromatic N) is 4. The van der Waals surface area contributed by atoms with Gasteiger partial charge in [-0.2, -0.15) is 4.98 Å². The highest BCUT2D eigenvalue weighted by atomic mass is 35.5. The summed E-state index contributed by atoms with van der Waals surface area (Å²) in [6.07, 6.45) is 0.352. The summed E-state index contributed by atoms with van der Waals surface area (Å²) in [5, 5.41) is 4.71. The maximum absolute atomic E-state index is 12.4. The first-order valence-electron chi connectivity index (χ1n) is 8.68. The molecule has 4 rings (SSSR count). The van der Waals surface area contributed by atoms with Crippen molar-refractivity contribution < 1.29 is 9.32 Å². The minimum absolute atomic E-state index is 0.0314. The predicted octanol–water partition coefficient (Wildman–Crippen LogP) is 3.98. The number of carbonyl (C=O) groups is 1. The van der Waals surface area contributed by atoms with E-state index in [4.69, 9.17) is 16.1 Å². The lowest BCUT2D eigenvalue weighted by molar-refractivity contribution is -0.117. The Morgan fingerprint density at radius 3 is 2.67 bits per heavy atom. The van der Waals surface area contributed by atoms with Gasteiger partial charge in [-0.15, -0.1) is 0 Å². The molecule has 0 radical (unpaired) electrons. The Morgan fingerprint density at radius 1 is 1.19 bits per heavy atom. The average Bonchev–Trinajstić information content (AvgIpc) is 3.28. The van der Waals surface area contributed by atoms with Crippen molar-refractivity contribution in [3.8, 4) is 11.5 Å². The van der Waals surface area contributed by atoms with E-state index in [0.717, 1.165) is 16.9 Å². The summed E-state index contributed by atoms with van der Waals surface area (Å²) in [6, 6.07) is 15.2. The molecule has 1 aliphatic rings. The summed E-state index contributed by atoms with van der Waals surface area (Å²) in [4.78, 5) is 20.7. The molecule has 27 heavy (non-hydrogen) atoms. The van der Waals surface area contributed by atoms with E-state index in [1.54, 1.807) is 17.0 Å². The van der Waals surface area contributed by atoms with Gasteiger partial charge < -0.3 is 14.3 Å². The van der Waals surface area contributed by atoms with E-state index < -0.39 is 0 Å². The van der Waals surface area contributed by atoms with Crippen molar-refractivity contribution in [2.24, 2.45) is 0 Å². The Morgan fingerprint density at radius 2 is 1.96 bits per heavy atom. The van der Waals surface area contributed by atoms with Gasteiger partial charge in [0, 0.05) is 54.9 Å². The van der Waals surface area contributed by atoms with E-state index in [9.17, 15) is 4.79 Å². The largest absolute Gasteiger partial charge is 0.378 e. The monoisotopic (exact) mass is 382 g/mol. The molecule has 1 aliphatic heterocycles. The van der Waals surface area contributed by atoms with Crippen LogP contribution in [0.2, 0.25) is 5.02 Å². The van der Waals surface area contributed by atoms with E-state index in [0.29, 0.717) is 29.7 Å². The molecule has 0 N–H and O–H groups in total. The van der Waals surface area contributed by atoms with Gasteiger partial charge in [0.15, 0.2) is 5.82 Å². The maximum Gasteiger partial charge on any atom is 0.257 e. The van der Waals surface area contributed by atoms with Crippen LogP contribution in [0.1, 0.15) is 18.2 Å². The summed E-state index contributed by atoms with van der Waals surface area (Å²) in [7, 11) is 3.98. The molecular formula is C20H19ClN4O2. The second-order valence-electron chi connectivity index (χ2n) is 6.78. The van der Waals surface area contributed by atoms with E-state index >= 15 is 0 Å². The van der Waals surface area contributed by atoms with Gasteiger partial charge in [0.05, 0.1) is 0 Å². The molecule has 1 amide bonds. The quantitative estimate of drug-likeness (QED) is 0.683. The normalized spacial score (nSPS) is 16.8. The summed E-state index contributed by atoms with van der Waals surface area (Å²) in [5.74, 6) is 0.947. The molecule has 0 aliphatic carbocycles. The lowest BCUT2D eigenvalue weighted by Gasteiger charge is -2.16. The standard InChI is InChI=1S/C20H19ClN4O2/c1-24(2)16-8-6-13(7-9-16)20-22-19(23-27-20)14-10-18(26)25(12-14)17-5-3-4-15(21)11-17/h3-9,11,14H,10,12H2,1-2H3. The molecule has 0 spiro atoms. The van der Waals surface area contributed by atoms with Crippen LogP contribution >= 0.6 is 11.6 Å². The average molecular weight is 383 g/mol. The zero-order valence-electron chi connectivity index (χ0n) is 15.1. The predicted molar refractivity (Wildman–Crippen MR) is 105 cm³/mol. The van der Waals surface area contributed by atoms with Crippen molar-refractivity contribution in [1.29, 1.82) is 0 Å². The van der Waals surface area contributed by atoms with Crippen molar-refractivity contribution in [3.63, 3.8) is 0 Å². The lowest BCUT2D eigenvalue weighted by atomic mass is 10.1. The summed E-state index contributed by atoms with van der Waals surface area (Å²) in [6.45, 7) is 0.512. The highest BCUT2D eigenvalue weighted by Gasteiger charge is 2.34. The summed E-state index contributed by atoms with van der Waals surface area (Å²) in [5.41, 5.74) is 2.74. The van der Waals surface area contributed by atoms with Gasteiger partial charge in [0.1, 0.15) is 0 Å². The lowest BCUT2D eigenvalue weighted by Crippen LogP contribution is -2.24. The van der Waals surface area contributed by atoms with E-state index in [-0.39, 0.29) is 11.8 Å². The minimum atomic E-state index is -0.102. The highest BCUT2D eigenvalue weighted by molar-refractivity contribution is 6.30. The molecule has 1 fully saturated rings. The van der Waals surface area contributed by atoms with Gasteiger partial charge in [-0.3, -0.25) is 4.79 Å². The summed E-state index contributed by atoms with van der Waals surface area (Å²) >= 11 is 6.05. The van der Waals surface area contributed by atoms with Crippen molar-refractivity contribution in [1.82, 2.24) is 10.1 Å². The van der Waals surface area contributed by atoms with E-state index in [2.05, 4.69) is 10.1 Å². The molecule has 1 unspecified atom stereocenters. The number of halogens is 1. The Labute approximate surface area is 162 Å². The van der Waals surface area contributed by atoms with Crippen molar-refractivity contribution >= 4 is 28.9 Å². The third-order valence-electron chi connectivity index (χ3n) is 4.68. The van der Waals surface area contributed by atoms with Crippen molar-refractivity contribution in [3.05, 3.63) is 59.4 Å². The van der Waals surface area contributed by atoms with Gasteiger partial charge in [-0.25, -0.2) is 0 Å². The smallest absolute Gasteiger partial charge is 0.257 e. The van der Waals surface area contributed by atoms with Crippen LogP contribution < -0.4 is 9.80 Å². The Hall–Kier alpha value is -2.86. The number of hydrogen-bond acceptors (Lipinski definition) is 5. The van der Waals surface area contributed by atoms with Crippen LogP contribution in [0.4, 0.5) is 11.4 Å². The maximum atomic E-state index is 12.4. The van der Waals surface area contributed by atoms with Gasteiger partial charge >= 0.3 is 0 Å². The topological polar surface area (TPSA) is 62.5 Å². The van der Waals surface area contributed by atoms with Crippen LogP contribution in [-0.2, 0) is 4.79 Å². The fraction of sp³-hybridized carbons (Fsp3) is 0.250. The van der Waals surface area contributed by atoms with Gasteiger partial charge in [0.2, 0.25) is 5.91 Å². The van der Waals surface area contributed by atoms with Crippen LogP contribution in [0.5, 0.6) is 0 Å². The molecule has 1 saturated heterocycles. The number of anilines is 2. The van der Waals surface area contributed by atoms with Crippen LogP contribution in [0.15, 0.2) is 53.1 Å². The van der Waals surface area contributed by atoms with Crippen LogP contribution in [0.3, 0.4) is 0 Å². The van der Waals surface area contributed by atoms with Crippen LogP contribution in [0.25, 0.3) is 11.5 Å². The van der Waals surface area contributed by atoms with Gasteiger partial charge in [-0.05, 0) is 42.5 Å². The molecule has 6 nitrogen and oxygen atoms in total. The number of amides is 1. The van der Waals surface area contributed by atoms with Gasteiger partial charge in [-0.1, -0.05) is 22.8 Å². The Bertz CT molecular complexity index is 968. The fourth-order valence-corrected chi connectivity index (χ4v) is 3.38. The van der Waals surface area contributed by atoms with Crippen molar-refractivity contribution in [2.45, 2.75) is 12.3 Å². The molecule has 0 bridgehead atoms. The number of carbonyl (C=O) groups excluding carboxylic acids is 1. The highest BCUT2D eigenvalue weighted by Crippen LogP contribution is 2.32. The molecule has 1 atom stereocenters. The number of benzene rings is 2. The minimum Gasteiger partial charge on any atom is -0.378 e. The number of hydrogen-bond donors (Lipinski definition) is 0. The second-order valence-corrected chi connectivity index (χ2v) is 7.22. The van der Waals surface area contributed by atoms with E-state index in [1.807, 2.05) is 55.4 Å². The molecule has 7 heteroatoms. The third kappa shape index (κ3) is 3.53. The molecule has 0 saturated carbocycles. The SMILES string of the molecule is CN(C)c1ccc(-c2nc(C3CC(=O)N(c4cccc(Cl)c4)C3)no2)cc1. The van der Waals surface area contributed by atoms with Crippen LogP contribution in [0, 0.1) is 0 Å². The first-order valence-corrected chi connectivity index (χ1v) is 9.06. The molecule has 1 aromatic heterocycles. The number of rotatable bonds is 4. The first-order chi connectivity index (χ1) is 13.0. The zero-order chi connectivity index (χ0) is 19.0. The molecule has 2 aromatic carbocycles. The molecule has 3 aromatic rings. The molecule has 138 valence electrons. The van der Waals surface area contributed by atoms with Crippen molar-refractivity contribution in [2.75, 3.05) is 30.4 Å². The summed E-state index contributed by atoms with van der Waals surface area (Å²) < 4.78 is 5.43. The van der Waals surface area contributed by atoms with E-state index in [1.165, 1.54) is 0 Å². The fourth-order valence-electron chi connectivity index (χ4n) is 3.19. The molecule has 2 heterocycles. The third-order valence-corrected chi connectivity index (χ3v) is 4.92. The second kappa shape index (κ2) is 7.04. The van der Waals surface area contributed by atoms with Crippen LogP contribution in [-0.4, -0.2) is 36.7 Å². The molecular weight excluding hydrogens is 364 g/mol. The first kappa shape index (κ1) is 17.5.